The number of amides is 1. The van der Waals surface area contributed by atoms with Crippen molar-refractivity contribution in [2.45, 2.75) is 121 Å². The van der Waals surface area contributed by atoms with Crippen LogP contribution in [0.25, 0.3) is 0 Å². The maximum Gasteiger partial charge on any atom is 0.460 e. The Bertz CT molecular complexity index is 2500. The normalized spacial score (nSPS) is 15.5. The fourth-order valence-electron chi connectivity index (χ4n) is 5.18. The van der Waals surface area contributed by atoms with Crippen molar-refractivity contribution in [1.82, 2.24) is 5.32 Å². The Morgan fingerprint density at radius 2 is 0.684 bits per heavy atom. The number of carbonyl (C=O) groups excluding carboxylic acids is 4. The van der Waals surface area contributed by atoms with E-state index in [2.05, 4.69) is 14.7 Å². The third-order valence-corrected chi connectivity index (χ3v) is 9.59. The molecule has 8 nitrogen and oxygen atoms in total. The quantitative estimate of drug-likeness (QED) is 0.0408. The van der Waals surface area contributed by atoms with Crippen molar-refractivity contribution < 1.29 is 186 Å². The number of hydrogen-bond donors (Lipinski definition) is 1. The summed E-state index contributed by atoms with van der Waals surface area (Å²) >= 11 is 0. The highest BCUT2D eigenvalue weighted by Crippen LogP contribution is 2.71. The third-order valence-electron chi connectivity index (χ3n) is 9.59. The number of halogens is 37. The zero-order valence-corrected chi connectivity index (χ0v) is 34.2. The largest absolute Gasteiger partial charge is 0.460 e. The highest BCUT2D eigenvalue weighted by Gasteiger charge is 3.02. The molecule has 0 heterocycles. The monoisotopic (exact) mass is 1210 g/mol. The number of ether oxygens (including phenoxy) is 1. The molecule has 0 radical (unpaired) electrons. The van der Waals surface area contributed by atoms with E-state index in [1.807, 2.05) is 0 Å². The smallest absolute Gasteiger partial charge is 0.445 e. The van der Waals surface area contributed by atoms with Gasteiger partial charge >= 0.3 is 113 Å². The topological polar surface area (TPSA) is 114 Å². The van der Waals surface area contributed by atoms with Crippen LogP contribution in [0.2, 0.25) is 0 Å². The van der Waals surface area contributed by atoms with Crippen LogP contribution in [0.1, 0.15) is 28.4 Å². The van der Waals surface area contributed by atoms with E-state index in [9.17, 15) is 164 Å². The van der Waals surface area contributed by atoms with E-state index >= 15 is 17.6 Å². The fraction of sp³-hybridized carbons (Fsp3) is 0.677. The van der Waals surface area contributed by atoms with Gasteiger partial charge in [0.05, 0.1) is 16.9 Å². The van der Waals surface area contributed by atoms with Gasteiger partial charge in [-0.2, -0.15) is 172 Å². The average Bonchev–Trinajstić information content (AvgIpc) is 3.23. The molecule has 0 saturated heterocycles. The first-order valence-corrected chi connectivity index (χ1v) is 17.1. The lowest BCUT2D eigenvalue weighted by atomic mass is 9.81. The van der Waals surface area contributed by atoms with Crippen molar-refractivity contribution >= 4 is 35.4 Å². The summed E-state index contributed by atoms with van der Waals surface area (Å²) < 4.78 is 527. The van der Waals surface area contributed by atoms with Gasteiger partial charge in [0.1, 0.15) is 0 Å². The lowest BCUT2D eigenvalue weighted by Crippen LogP contribution is -2.80. The number of nitrogens with zero attached hydrogens (tertiary/aromatic N) is 2. The Balaban J connectivity index is 4.34. The molecule has 45 heteroatoms. The van der Waals surface area contributed by atoms with Crippen LogP contribution >= 0.6 is 0 Å². The lowest BCUT2D eigenvalue weighted by molar-refractivity contribution is -0.493. The summed E-state index contributed by atoms with van der Waals surface area (Å²) in [5.74, 6) is -174. The van der Waals surface area contributed by atoms with Crippen LogP contribution < -0.4 is 5.32 Å². The number of aliphatic imine (C=N–C) groups is 2. The Morgan fingerprint density at radius 1 is 0.434 bits per heavy atom. The Labute approximate surface area is 388 Å². The second-order valence-corrected chi connectivity index (χ2v) is 14.2. The van der Waals surface area contributed by atoms with Crippen LogP contribution in [-0.2, 0) is 25.0 Å². The van der Waals surface area contributed by atoms with Crippen molar-refractivity contribution in [3.05, 3.63) is 22.8 Å². The Kier molecular flexibility index (Phi) is 16.9. The zero-order valence-electron chi connectivity index (χ0n) is 34.2. The summed E-state index contributed by atoms with van der Waals surface area (Å²) in [4.78, 5) is 50.1. The van der Waals surface area contributed by atoms with Gasteiger partial charge in [-0.25, -0.2) is 9.59 Å². The molecule has 0 bridgehead atoms. The number of nitrogens with one attached hydrogen (secondary N) is 1. The van der Waals surface area contributed by atoms with Crippen molar-refractivity contribution in [3.8, 4) is 0 Å². The van der Waals surface area contributed by atoms with Crippen LogP contribution in [0.5, 0.6) is 0 Å². The number of alkyl halides is 37. The molecule has 0 aliphatic heterocycles. The predicted molar refractivity (Wildman–Crippen MR) is 160 cm³/mol. The summed E-state index contributed by atoms with van der Waals surface area (Å²) in [5, 5.41) is 1.03. The maximum atomic E-state index is 15.6. The molecular formula is C31H10F37N3O5. The van der Waals surface area contributed by atoms with Gasteiger partial charge in [0, 0.05) is 18.1 Å². The van der Waals surface area contributed by atoms with Crippen LogP contribution in [-0.4, -0.2) is 132 Å². The number of isocyanates is 2. The molecule has 0 aliphatic carbocycles. The number of rotatable bonds is 22. The second-order valence-electron chi connectivity index (χ2n) is 14.2. The summed E-state index contributed by atoms with van der Waals surface area (Å²) in [5.41, 5.74) is -11.7. The van der Waals surface area contributed by atoms with Gasteiger partial charge in [-0.3, -0.25) is 9.59 Å². The summed E-state index contributed by atoms with van der Waals surface area (Å²) in [6.45, 7) is -1.02. The number of hydrogen-bond acceptors (Lipinski definition) is 7. The molecule has 0 fully saturated rings. The zero-order chi connectivity index (χ0) is 61.7. The minimum atomic E-state index is -10.6. The molecule has 1 aromatic carbocycles. The first-order valence-electron chi connectivity index (χ1n) is 17.1. The highest BCUT2D eigenvalue weighted by molar-refractivity contribution is 6.03. The molecule has 0 spiro atoms. The Hall–Kier alpha value is -5.67. The van der Waals surface area contributed by atoms with E-state index in [0.29, 0.717) is 19.9 Å². The van der Waals surface area contributed by atoms with Crippen molar-refractivity contribution in [2.24, 2.45) is 9.98 Å². The first-order chi connectivity index (χ1) is 32.9. The molecule has 438 valence electrons. The SMILES string of the molecule is CC(=O)OCNC(=O)c1c(C(F)(F)C(F)(F)C(F)(F)C(F)(F)C(F)(F)C(F)(F)C(F)(F)C(F)(F)C(F)(F)C(F)(F)C(F)(F)C(F)(F)C(F)(F)C(F)(F)C(F)(F)C(F)(F)C(F)(F)C(F)(F)F)cc(N=C=O)c(C)c1N=C=O. The molecule has 1 rings (SSSR count). The van der Waals surface area contributed by atoms with Gasteiger partial charge in [-0.1, -0.05) is 0 Å². The second kappa shape index (κ2) is 18.8. The first kappa shape index (κ1) is 68.3. The van der Waals surface area contributed by atoms with E-state index in [0.717, 1.165) is 5.32 Å². The molecule has 76 heavy (non-hydrogen) atoms. The van der Waals surface area contributed by atoms with E-state index < -0.39 is 160 Å². The third kappa shape index (κ3) is 8.64. The molecule has 1 aromatic rings. The summed E-state index contributed by atoms with van der Waals surface area (Å²) in [6.07, 6.45) is -7.95. The minimum absolute atomic E-state index is 0.270. The van der Waals surface area contributed by atoms with Gasteiger partial charge in [0.2, 0.25) is 12.2 Å². The van der Waals surface area contributed by atoms with Crippen LogP contribution in [0.3, 0.4) is 0 Å². The van der Waals surface area contributed by atoms with Gasteiger partial charge in [0.15, 0.2) is 6.73 Å². The minimum Gasteiger partial charge on any atom is -0.445 e. The van der Waals surface area contributed by atoms with Crippen LogP contribution in [0.15, 0.2) is 16.1 Å². The fourth-order valence-corrected chi connectivity index (χ4v) is 5.18. The Morgan fingerprint density at radius 3 is 0.921 bits per heavy atom. The maximum absolute atomic E-state index is 15.6. The van der Waals surface area contributed by atoms with Gasteiger partial charge < -0.3 is 10.1 Å². The van der Waals surface area contributed by atoms with E-state index in [1.54, 1.807) is 0 Å². The van der Waals surface area contributed by atoms with Gasteiger partial charge in [-0.15, -0.1) is 0 Å². The number of benzene rings is 1. The van der Waals surface area contributed by atoms with Crippen molar-refractivity contribution in [1.29, 1.82) is 0 Å². The highest BCUT2D eigenvalue weighted by atomic mass is 19.4. The van der Waals surface area contributed by atoms with E-state index in [4.69, 9.17) is 0 Å². The van der Waals surface area contributed by atoms with Gasteiger partial charge in [-0.05, 0) is 13.0 Å². The lowest BCUT2D eigenvalue weighted by Gasteiger charge is -2.47. The molecule has 0 aromatic heterocycles. The molecule has 1 amide bonds. The van der Waals surface area contributed by atoms with Crippen LogP contribution in [0, 0.1) is 6.92 Å². The number of esters is 1. The van der Waals surface area contributed by atoms with Crippen molar-refractivity contribution in [2.75, 3.05) is 6.73 Å². The van der Waals surface area contributed by atoms with E-state index in [-0.39, 0.29) is 6.08 Å². The molecule has 0 atom stereocenters. The molecular weight excluding hydrogens is 1200 g/mol. The molecule has 1 N–H and O–H groups in total. The van der Waals surface area contributed by atoms with Crippen LogP contribution in [0.4, 0.5) is 174 Å². The molecule has 0 unspecified atom stereocenters. The summed E-state index contributed by atoms with van der Waals surface area (Å²) in [6, 6.07) is -1.11. The standard InChI is InChI=1S/C31H10F37N3O5/c1-7-10(69-4-72)3-9(11(12(7)70-5-73)13(75)71-6-76-8(2)74)14(32,33)15(34,35)16(36,37)17(38,39)18(40,41)19(42,43)20(44,45)21(46,47)22(48,49)23(50,51)24(52,53)25(54,55)26(56,57)27(58,59)28(60,61)29(62,63)30(64,65)31(66,67)68/h3H,6H2,1-2H3,(H,71,75). The number of carbonyl (C=O) groups is 2. The van der Waals surface area contributed by atoms with Crippen molar-refractivity contribution in [3.63, 3.8) is 0 Å². The average molecular weight is 1210 g/mol. The molecule has 0 saturated carbocycles. The summed E-state index contributed by atoms with van der Waals surface area (Å²) in [7, 11) is 0. The van der Waals surface area contributed by atoms with E-state index in [1.165, 1.54) is 0 Å². The molecule has 0 aliphatic rings. The predicted octanol–water partition coefficient (Wildman–Crippen LogP) is 13.0. The van der Waals surface area contributed by atoms with Gasteiger partial charge in [0.25, 0.3) is 5.91 Å².